The lowest BCUT2D eigenvalue weighted by Crippen LogP contribution is -2.34. The number of nitrogens with zero attached hydrogens (tertiary/aromatic N) is 5. The molecule has 3 heterocycles. The van der Waals surface area contributed by atoms with E-state index in [0.717, 1.165) is 14.7 Å². The maximum atomic E-state index is 13.6. The molecule has 0 atom stereocenters. The van der Waals surface area contributed by atoms with Gasteiger partial charge in [-0.1, -0.05) is 12.1 Å². The van der Waals surface area contributed by atoms with Gasteiger partial charge in [0.05, 0.1) is 61.8 Å². The molecule has 0 fully saturated rings. The van der Waals surface area contributed by atoms with Crippen LogP contribution in [0.15, 0.2) is 88.8 Å². The number of isocyanates is 2. The second-order valence-electron chi connectivity index (χ2n) is 9.96. The Labute approximate surface area is 251 Å². The predicted octanol–water partition coefficient (Wildman–Crippen LogP) is 4.02. The minimum Gasteiger partial charge on any atom is -0.268 e. The number of amides is 6. The second kappa shape index (κ2) is 9.82. The molecule has 45 heavy (non-hydrogen) atoms. The van der Waals surface area contributed by atoms with Crippen molar-refractivity contribution in [2.24, 2.45) is 9.98 Å². The molecule has 0 spiro atoms. The molecule has 0 unspecified atom stereocenters. The number of imide groups is 3. The van der Waals surface area contributed by atoms with Gasteiger partial charge in [-0.3, -0.25) is 28.8 Å². The monoisotopic (exact) mass is 595 g/mol. The molecule has 0 saturated carbocycles. The molecule has 13 nitrogen and oxygen atoms in total. The Hall–Kier alpha value is -6.94. The maximum absolute atomic E-state index is 13.6. The zero-order chi connectivity index (χ0) is 31.6. The number of fused-ring (bicyclic) bond motifs is 3. The maximum Gasteiger partial charge on any atom is 0.266 e. The molecule has 0 bridgehead atoms. The van der Waals surface area contributed by atoms with Gasteiger partial charge in [0.2, 0.25) is 12.2 Å². The van der Waals surface area contributed by atoms with Crippen molar-refractivity contribution in [3.63, 3.8) is 0 Å². The van der Waals surface area contributed by atoms with Crippen LogP contribution in [0, 0.1) is 0 Å². The van der Waals surface area contributed by atoms with Gasteiger partial charge in [-0.2, -0.15) is 9.98 Å². The first-order chi connectivity index (χ1) is 21.7. The molecule has 0 saturated heterocycles. The van der Waals surface area contributed by atoms with Gasteiger partial charge in [-0.05, 0) is 66.7 Å². The van der Waals surface area contributed by atoms with Gasteiger partial charge in [0.1, 0.15) is 0 Å². The molecule has 4 aromatic rings. The van der Waals surface area contributed by atoms with Crippen LogP contribution in [0.5, 0.6) is 0 Å². The minimum atomic E-state index is -0.817. The fourth-order valence-electron chi connectivity index (χ4n) is 5.56. The standard InChI is InChI=1S/C32H13N5O8/c38-14-33-16-5-7-23-25(9-16)31(44)36(29(23)42)19-11-18(35-27(40)21-3-1-2-4-22(21)28(35)41)12-20(13-19)37-30(43)24-8-6-17(34-15-39)10-26(24)32(37)45/h1-13H. The molecule has 214 valence electrons. The highest BCUT2D eigenvalue weighted by Crippen LogP contribution is 2.40. The van der Waals surface area contributed by atoms with E-state index in [1.165, 1.54) is 78.9 Å². The van der Waals surface area contributed by atoms with Crippen molar-refractivity contribution in [2.75, 3.05) is 14.7 Å². The minimum absolute atomic E-state index is 0.0125. The van der Waals surface area contributed by atoms with Crippen molar-refractivity contribution in [3.8, 4) is 0 Å². The summed E-state index contributed by atoms with van der Waals surface area (Å²) in [6.45, 7) is 0. The van der Waals surface area contributed by atoms with Crippen molar-refractivity contribution in [3.05, 3.63) is 112 Å². The number of anilines is 3. The van der Waals surface area contributed by atoms with Gasteiger partial charge in [-0.25, -0.2) is 24.3 Å². The third-order valence-electron chi connectivity index (χ3n) is 7.55. The van der Waals surface area contributed by atoms with E-state index in [1.54, 1.807) is 12.1 Å². The number of carbonyl (C=O) groups is 6. The molecular formula is C32H13N5O8. The van der Waals surface area contributed by atoms with Crippen LogP contribution >= 0.6 is 0 Å². The van der Waals surface area contributed by atoms with E-state index in [-0.39, 0.29) is 61.8 Å². The fraction of sp³-hybridized carbons (Fsp3) is 0. The molecule has 3 aliphatic rings. The number of aliphatic imine (C=N–C) groups is 2. The normalized spacial score (nSPS) is 14.8. The fourth-order valence-corrected chi connectivity index (χ4v) is 5.56. The van der Waals surface area contributed by atoms with E-state index in [9.17, 15) is 38.4 Å². The molecule has 0 radical (unpaired) electrons. The van der Waals surface area contributed by atoms with Gasteiger partial charge in [0.25, 0.3) is 35.4 Å². The lowest BCUT2D eigenvalue weighted by molar-refractivity contribution is 0.0912. The summed E-state index contributed by atoms with van der Waals surface area (Å²) < 4.78 is 0. The lowest BCUT2D eigenvalue weighted by atomic mass is 10.1. The molecule has 6 amide bonds. The Morgan fingerprint density at radius 1 is 0.400 bits per heavy atom. The summed E-state index contributed by atoms with van der Waals surface area (Å²) in [5.74, 6) is -4.58. The average Bonchev–Trinajstić information content (AvgIpc) is 3.55. The smallest absolute Gasteiger partial charge is 0.266 e. The van der Waals surface area contributed by atoms with E-state index >= 15 is 0 Å². The van der Waals surface area contributed by atoms with Crippen LogP contribution in [0.2, 0.25) is 0 Å². The van der Waals surface area contributed by atoms with E-state index < -0.39 is 35.4 Å². The second-order valence-corrected chi connectivity index (χ2v) is 9.96. The highest BCUT2D eigenvalue weighted by Gasteiger charge is 2.42. The number of hydrogen-bond acceptors (Lipinski definition) is 10. The Morgan fingerprint density at radius 3 is 1.04 bits per heavy atom. The first kappa shape index (κ1) is 26.9. The third kappa shape index (κ3) is 3.90. The van der Waals surface area contributed by atoms with Gasteiger partial charge < -0.3 is 0 Å². The summed E-state index contributed by atoms with van der Waals surface area (Å²) in [4.78, 5) is 112. The number of benzene rings is 4. The Kier molecular flexibility index (Phi) is 5.87. The van der Waals surface area contributed by atoms with E-state index in [1.807, 2.05) is 0 Å². The zero-order valence-corrected chi connectivity index (χ0v) is 22.5. The summed E-state index contributed by atoms with van der Waals surface area (Å²) >= 11 is 0. The zero-order valence-electron chi connectivity index (χ0n) is 22.5. The number of hydrogen-bond donors (Lipinski definition) is 0. The molecule has 3 aliphatic heterocycles. The van der Waals surface area contributed by atoms with Crippen LogP contribution < -0.4 is 14.7 Å². The molecule has 0 aromatic heterocycles. The number of carbonyl (C=O) groups excluding carboxylic acids is 8. The molecular weight excluding hydrogens is 582 g/mol. The van der Waals surface area contributed by atoms with Gasteiger partial charge in [0.15, 0.2) is 0 Å². The van der Waals surface area contributed by atoms with Crippen LogP contribution in [0.3, 0.4) is 0 Å². The number of rotatable bonds is 5. The van der Waals surface area contributed by atoms with Gasteiger partial charge in [-0.15, -0.1) is 0 Å². The van der Waals surface area contributed by atoms with Gasteiger partial charge >= 0.3 is 0 Å². The summed E-state index contributed by atoms with van der Waals surface area (Å²) in [5, 5.41) is 0. The SMILES string of the molecule is O=C=Nc1ccc2c(c1)C(=O)N(c1cc(N3C(=O)c4ccccc4C3=O)cc(N3C(=O)c4ccc(N=C=O)cc4C3=O)c1)C2=O. The van der Waals surface area contributed by atoms with Gasteiger partial charge in [0, 0.05) is 0 Å². The third-order valence-corrected chi connectivity index (χ3v) is 7.55. The van der Waals surface area contributed by atoms with Crippen molar-refractivity contribution in [1.82, 2.24) is 0 Å². The van der Waals surface area contributed by atoms with Crippen LogP contribution in [-0.2, 0) is 9.59 Å². The highest BCUT2D eigenvalue weighted by molar-refractivity contribution is 6.38. The van der Waals surface area contributed by atoms with Crippen LogP contribution in [0.25, 0.3) is 0 Å². The average molecular weight is 595 g/mol. The van der Waals surface area contributed by atoms with Crippen molar-refractivity contribution in [2.45, 2.75) is 0 Å². The van der Waals surface area contributed by atoms with Crippen LogP contribution in [0.4, 0.5) is 28.4 Å². The lowest BCUT2D eigenvalue weighted by Gasteiger charge is -2.23. The summed E-state index contributed by atoms with van der Waals surface area (Å²) in [5.41, 5.74) is -0.233. The van der Waals surface area contributed by atoms with E-state index in [2.05, 4.69) is 9.98 Å². The van der Waals surface area contributed by atoms with E-state index in [4.69, 9.17) is 0 Å². The topological polar surface area (TPSA) is 171 Å². The Balaban J connectivity index is 1.39. The largest absolute Gasteiger partial charge is 0.268 e. The molecule has 4 aromatic carbocycles. The Bertz CT molecular complexity index is 2080. The molecule has 13 heteroatoms. The van der Waals surface area contributed by atoms with Crippen molar-refractivity contribution in [1.29, 1.82) is 0 Å². The Morgan fingerprint density at radius 2 is 0.711 bits per heavy atom. The van der Waals surface area contributed by atoms with Crippen LogP contribution in [-0.4, -0.2) is 47.6 Å². The molecule has 0 N–H and O–H groups in total. The highest BCUT2D eigenvalue weighted by atomic mass is 16.2. The van der Waals surface area contributed by atoms with E-state index in [0.29, 0.717) is 0 Å². The molecule has 0 aliphatic carbocycles. The van der Waals surface area contributed by atoms with Crippen molar-refractivity contribution < 1.29 is 38.4 Å². The first-order valence-corrected chi connectivity index (χ1v) is 13.1. The van der Waals surface area contributed by atoms with Crippen LogP contribution in [0.1, 0.15) is 62.1 Å². The summed E-state index contributed by atoms with van der Waals surface area (Å²) in [6.07, 6.45) is 2.73. The summed E-state index contributed by atoms with van der Waals surface area (Å²) in [7, 11) is 0. The summed E-state index contributed by atoms with van der Waals surface area (Å²) in [6, 6.07) is 17.6. The quantitative estimate of drug-likeness (QED) is 0.189. The first-order valence-electron chi connectivity index (χ1n) is 13.1. The molecule has 7 rings (SSSR count). The predicted molar refractivity (Wildman–Crippen MR) is 155 cm³/mol. The van der Waals surface area contributed by atoms with Crippen molar-refractivity contribution >= 4 is 76.0 Å².